The molecule has 18 heteroatoms. The third-order valence-electron chi connectivity index (χ3n) is 15.1. The molecule has 2 aromatic rings. The summed E-state index contributed by atoms with van der Waals surface area (Å²) in [6.07, 6.45) is 4.00. The predicted octanol–water partition coefficient (Wildman–Crippen LogP) is 2.40. The second kappa shape index (κ2) is 24.1. The van der Waals surface area contributed by atoms with E-state index < -0.39 is 83.1 Å². The fourth-order valence-corrected chi connectivity index (χ4v) is 10.6. The van der Waals surface area contributed by atoms with Crippen molar-refractivity contribution in [2.75, 3.05) is 27.2 Å². The molecule has 0 spiro atoms. The first-order valence-corrected chi connectivity index (χ1v) is 26.1. The fraction of sp³-hybridized carbons (Fsp3) is 0.648. The summed E-state index contributed by atoms with van der Waals surface area (Å²) < 4.78 is 0. The smallest absolute Gasteiger partial charge is 0.246 e. The standard InChI is InChI=1S/C54H82N10O8/c1-31(55-9)47(67)61-45(53(3,4)5)51(71)63-29-35(27-41(63)49(69)59-39-23-15-19-33-17-11-13-21-37(33)39)57-43(65)25-26-44(66)58-36-28-42(50(70)60-40-24-16-20-34-18-12-14-22-38(34)40)64(30-36)52(72)46(54(6,7)8)62-48(68)32(2)56-10/h11-14,17-18,21-22,31-32,35-36,39-42,45-46,49,55-56,59,69H,15-16,19-20,23-30H2,1-10H3,(H,57,65)(H,58,66)(H,60,70)(H,61,67)(H,62,68)/t31-,32-,35?,36-,39+,40+,41-,42-,45+,46+,49?/m0/s1. The molecule has 2 heterocycles. The van der Waals surface area contributed by atoms with Crippen molar-refractivity contribution < 1.29 is 38.7 Å². The molecule has 2 fully saturated rings. The number of nitrogens with one attached hydrogen (secondary N) is 8. The number of hydrogen-bond acceptors (Lipinski definition) is 11. The topological polar surface area (TPSA) is 242 Å². The zero-order valence-electron chi connectivity index (χ0n) is 44.2. The molecule has 2 unspecified atom stereocenters. The first-order valence-electron chi connectivity index (χ1n) is 26.1. The molecule has 4 aliphatic rings. The second-order valence-corrected chi connectivity index (χ2v) is 22.6. The SMILES string of the molecule is CN[C@@H](C)C(=O)N[C@H](C(=O)N1C[C@@H](NC(=O)CCC(=O)NC2C[C@@H](C(O)N[C@@H]3CCCc4ccccc43)N(C(=O)[C@@H](NC(=O)[C@H](C)NC)C(C)(C)C)C2)C[C@H]1C(=O)N[C@@H]1CCCc2ccccc21)C(C)(C)C. The molecular weight excluding hydrogens is 917 g/mol. The normalized spacial score (nSPS) is 24.1. The third-order valence-corrected chi connectivity index (χ3v) is 15.1. The van der Waals surface area contributed by atoms with Gasteiger partial charge in [-0.05, 0) is 112 Å². The number of fused-ring (bicyclic) bond motifs is 2. The van der Waals surface area contributed by atoms with Crippen LogP contribution >= 0.6 is 0 Å². The van der Waals surface area contributed by atoms with Gasteiger partial charge in [-0.15, -0.1) is 0 Å². The lowest BCUT2D eigenvalue weighted by atomic mass is 9.85. The van der Waals surface area contributed by atoms with Crippen LogP contribution in [0.1, 0.15) is 141 Å². The Morgan fingerprint density at radius 1 is 0.625 bits per heavy atom. The van der Waals surface area contributed by atoms with Crippen molar-refractivity contribution in [2.24, 2.45) is 10.8 Å². The minimum atomic E-state index is -1.17. The average molecular weight is 999 g/mol. The third kappa shape index (κ3) is 13.8. The molecule has 18 nitrogen and oxygen atoms in total. The van der Waals surface area contributed by atoms with Gasteiger partial charge in [0.2, 0.25) is 41.4 Å². The summed E-state index contributed by atoms with van der Waals surface area (Å²) in [4.78, 5) is 100. The van der Waals surface area contributed by atoms with Gasteiger partial charge in [-0.3, -0.25) is 38.9 Å². The van der Waals surface area contributed by atoms with E-state index in [1.165, 1.54) is 16.0 Å². The Bertz CT molecular complexity index is 2280. The Labute approximate surface area is 426 Å². The Kier molecular flexibility index (Phi) is 18.7. The largest absolute Gasteiger partial charge is 0.376 e. The van der Waals surface area contributed by atoms with Gasteiger partial charge in [-0.2, -0.15) is 0 Å². The van der Waals surface area contributed by atoms with Gasteiger partial charge in [0.25, 0.3) is 0 Å². The molecule has 6 rings (SSSR count). The predicted molar refractivity (Wildman–Crippen MR) is 275 cm³/mol. The number of aliphatic hydroxyl groups excluding tert-OH is 1. The molecule has 0 bridgehead atoms. The second-order valence-electron chi connectivity index (χ2n) is 22.6. The number of carbonyl (C=O) groups is 7. The van der Waals surface area contributed by atoms with Gasteiger partial charge in [0.1, 0.15) is 24.4 Å². The number of aliphatic hydroxyl groups is 1. The quantitative estimate of drug-likeness (QED) is 0.0983. The Balaban J connectivity index is 1.14. The van der Waals surface area contributed by atoms with E-state index >= 15 is 0 Å². The zero-order chi connectivity index (χ0) is 52.7. The monoisotopic (exact) mass is 999 g/mol. The summed E-state index contributed by atoms with van der Waals surface area (Å²) in [5.41, 5.74) is 3.08. The van der Waals surface area contributed by atoms with Crippen molar-refractivity contribution in [3.8, 4) is 0 Å². The van der Waals surface area contributed by atoms with Gasteiger partial charge in [0.05, 0.1) is 24.2 Å². The van der Waals surface area contributed by atoms with E-state index in [-0.39, 0.29) is 74.5 Å². The molecule has 0 saturated carbocycles. The Morgan fingerprint density at radius 2 is 1.07 bits per heavy atom. The van der Waals surface area contributed by atoms with E-state index in [9.17, 15) is 38.7 Å². The molecule has 2 saturated heterocycles. The number of likely N-dealkylation sites (tertiary alicyclic amines) is 2. The molecular formula is C54H82N10O8. The van der Waals surface area contributed by atoms with E-state index in [2.05, 4.69) is 60.7 Å². The molecule has 72 heavy (non-hydrogen) atoms. The number of benzene rings is 2. The zero-order valence-corrected chi connectivity index (χ0v) is 44.2. The van der Waals surface area contributed by atoms with Crippen LogP contribution in [0, 0.1) is 10.8 Å². The summed E-state index contributed by atoms with van der Waals surface area (Å²) in [5.74, 6) is -2.75. The fourth-order valence-electron chi connectivity index (χ4n) is 10.6. The maximum absolute atomic E-state index is 14.6. The van der Waals surface area contributed by atoms with Gasteiger partial charge < -0.3 is 52.1 Å². The van der Waals surface area contributed by atoms with Crippen LogP contribution in [0.2, 0.25) is 0 Å². The molecule has 11 atom stereocenters. The van der Waals surface area contributed by atoms with Gasteiger partial charge in [0, 0.05) is 44.1 Å². The van der Waals surface area contributed by atoms with Crippen LogP contribution in [-0.4, -0.2) is 138 Å². The van der Waals surface area contributed by atoms with Crippen LogP contribution in [0.3, 0.4) is 0 Å². The number of amides is 7. The molecule has 2 aliphatic heterocycles. The van der Waals surface area contributed by atoms with Gasteiger partial charge >= 0.3 is 0 Å². The summed E-state index contributed by atoms with van der Waals surface area (Å²) in [5, 5.41) is 36.2. The first kappa shape index (κ1) is 55.9. The summed E-state index contributed by atoms with van der Waals surface area (Å²) in [6, 6.07) is 9.76. The van der Waals surface area contributed by atoms with Crippen molar-refractivity contribution in [2.45, 2.75) is 186 Å². The molecule has 2 aliphatic carbocycles. The van der Waals surface area contributed by atoms with E-state index in [1.54, 1.807) is 32.8 Å². The minimum absolute atomic E-state index is 0.0140. The highest BCUT2D eigenvalue weighted by atomic mass is 16.3. The van der Waals surface area contributed by atoms with Crippen LogP contribution in [0.5, 0.6) is 0 Å². The van der Waals surface area contributed by atoms with E-state index in [0.29, 0.717) is 0 Å². The highest BCUT2D eigenvalue weighted by Gasteiger charge is 2.48. The number of hydrogen-bond donors (Lipinski definition) is 9. The van der Waals surface area contributed by atoms with Crippen LogP contribution < -0.4 is 42.5 Å². The highest BCUT2D eigenvalue weighted by molar-refractivity contribution is 5.95. The first-order chi connectivity index (χ1) is 34.0. The Hall–Kier alpha value is -5.43. The van der Waals surface area contributed by atoms with Crippen LogP contribution in [0.4, 0.5) is 0 Å². The summed E-state index contributed by atoms with van der Waals surface area (Å²) in [7, 11) is 3.32. The highest BCUT2D eigenvalue weighted by Crippen LogP contribution is 2.34. The van der Waals surface area contributed by atoms with E-state index in [0.717, 1.165) is 49.7 Å². The van der Waals surface area contributed by atoms with Crippen molar-refractivity contribution in [1.82, 2.24) is 52.3 Å². The van der Waals surface area contributed by atoms with Gasteiger partial charge in [-0.25, -0.2) is 0 Å². The number of aryl methyl sites for hydroxylation is 2. The van der Waals surface area contributed by atoms with Crippen LogP contribution in [-0.2, 0) is 46.4 Å². The number of rotatable bonds is 18. The summed E-state index contributed by atoms with van der Waals surface area (Å²) >= 11 is 0. The van der Waals surface area contributed by atoms with Crippen LogP contribution in [0.15, 0.2) is 48.5 Å². The maximum Gasteiger partial charge on any atom is 0.246 e. The van der Waals surface area contributed by atoms with Crippen molar-refractivity contribution in [1.29, 1.82) is 0 Å². The summed E-state index contributed by atoms with van der Waals surface area (Å²) in [6.45, 7) is 14.6. The van der Waals surface area contributed by atoms with Crippen molar-refractivity contribution >= 4 is 41.4 Å². The van der Waals surface area contributed by atoms with Crippen LogP contribution in [0.25, 0.3) is 0 Å². The minimum Gasteiger partial charge on any atom is -0.376 e. The molecule has 0 aromatic heterocycles. The number of likely N-dealkylation sites (N-methyl/N-ethyl adjacent to an activating group) is 2. The molecule has 396 valence electrons. The maximum atomic E-state index is 14.6. The lowest BCUT2D eigenvalue weighted by Crippen LogP contribution is -2.60. The molecule has 0 radical (unpaired) electrons. The van der Waals surface area contributed by atoms with Crippen molar-refractivity contribution in [3.05, 3.63) is 70.8 Å². The van der Waals surface area contributed by atoms with Gasteiger partial charge in [0.15, 0.2) is 0 Å². The molecule has 7 amide bonds. The van der Waals surface area contributed by atoms with Gasteiger partial charge in [-0.1, -0.05) is 90.1 Å². The molecule has 9 N–H and O–H groups in total. The van der Waals surface area contributed by atoms with E-state index in [1.807, 2.05) is 71.9 Å². The average Bonchev–Trinajstić information content (AvgIpc) is 3.97. The molecule has 2 aromatic carbocycles. The number of nitrogens with zero attached hydrogens (tertiary/aromatic N) is 2. The number of carbonyl (C=O) groups excluding carboxylic acids is 7. The Morgan fingerprint density at radius 3 is 1.57 bits per heavy atom. The lowest BCUT2D eigenvalue weighted by molar-refractivity contribution is -0.144. The van der Waals surface area contributed by atoms with E-state index in [4.69, 9.17) is 0 Å². The van der Waals surface area contributed by atoms with Crippen molar-refractivity contribution in [3.63, 3.8) is 0 Å². The lowest BCUT2D eigenvalue weighted by Gasteiger charge is -2.38.